The molecule has 0 aromatic rings. The second-order valence-electron chi connectivity index (χ2n) is 16.3. The SMILES string of the molecule is CC(=O)O[C@@H]1CC(C)(C)C(=C=C/C(C)=C/C=C/C(C)=C/C=C(/C=C(C)/C=C/C=C(\C)C(=O)C[C@@]23O[C@]2(C)C[C@@H](O)CC3(C)C)[N+](=O)[O-])[C@](C)(O)C1. The fraction of sp³-hybridized carbons (Fsp3) is 0.548. The van der Waals surface area contributed by atoms with E-state index in [0.717, 1.165) is 16.7 Å². The zero-order valence-electron chi connectivity index (χ0n) is 32.3. The third-order valence-electron chi connectivity index (χ3n) is 10.4. The molecule has 0 aromatic heterocycles. The van der Waals surface area contributed by atoms with E-state index >= 15 is 0 Å². The van der Waals surface area contributed by atoms with Gasteiger partial charge < -0.3 is 19.7 Å². The molecule has 0 amide bonds. The van der Waals surface area contributed by atoms with Gasteiger partial charge in [-0.25, -0.2) is 0 Å². The van der Waals surface area contributed by atoms with Crippen LogP contribution >= 0.6 is 0 Å². The number of hydrogen-bond donors (Lipinski definition) is 2. The summed E-state index contributed by atoms with van der Waals surface area (Å²) in [6.07, 6.45) is 18.6. The van der Waals surface area contributed by atoms with Crippen LogP contribution in [0.5, 0.6) is 0 Å². The van der Waals surface area contributed by atoms with Gasteiger partial charge in [-0.15, -0.1) is 5.73 Å². The number of carbonyl (C=O) groups excluding carboxylic acids is 2. The Hall–Kier alpha value is -3.88. The van der Waals surface area contributed by atoms with Crippen molar-refractivity contribution in [2.24, 2.45) is 10.8 Å². The number of carbonyl (C=O) groups is 2. The first-order chi connectivity index (χ1) is 23.4. The van der Waals surface area contributed by atoms with Crippen molar-refractivity contribution in [1.29, 1.82) is 0 Å². The van der Waals surface area contributed by atoms with E-state index in [-0.39, 0.29) is 35.4 Å². The van der Waals surface area contributed by atoms with Gasteiger partial charge in [0.25, 0.3) is 5.70 Å². The molecule has 2 saturated carbocycles. The van der Waals surface area contributed by atoms with Crippen molar-refractivity contribution in [1.82, 2.24) is 0 Å². The van der Waals surface area contributed by atoms with Gasteiger partial charge in [-0.3, -0.25) is 19.7 Å². The zero-order valence-corrected chi connectivity index (χ0v) is 32.3. The highest BCUT2D eigenvalue weighted by Crippen LogP contribution is 2.67. The van der Waals surface area contributed by atoms with E-state index in [4.69, 9.17) is 9.47 Å². The summed E-state index contributed by atoms with van der Waals surface area (Å²) in [5, 5.41) is 33.2. The highest BCUT2D eigenvalue weighted by Gasteiger charge is 2.76. The average Bonchev–Trinajstić information content (AvgIpc) is 3.57. The Bertz CT molecular complexity index is 1670. The molecular formula is C42H57NO8. The minimum Gasteiger partial charge on any atom is -0.462 e. The summed E-state index contributed by atoms with van der Waals surface area (Å²) in [5.41, 5.74) is 3.88. The van der Waals surface area contributed by atoms with Crippen molar-refractivity contribution in [3.63, 3.8) is 0 Å². The lowest BCUT2D eigenvalue weighted by Gasteiger charge is -2.44. The number of aliphatic hydroxyl groups is 2. The number of Topliss-reactive ketones (excluding diaryl/α,β-unsaturated/α-hetero) is 1. The molecule has 9 nitrogen and oxygen atoms in total. The van der Waals surface area contributed by atoms with E-state index in [1.165, 1.54) is 19.1 Å². The van der Waals surface area contributed by atoms with Gasteiger partial charge in [0.1, 0.15) is 11.7 Å². The van der Waals surface area contributed by atoms with Crippen LogP contribution in [0, 0.1) is 20.9 Å². The quantitative estimate of drug-likeness (QED) is 0.0394. The third kappa shape index (κ3) is 10.4. The number of hydrogen-bond acceptors (Lipinski definition) is 8. The van der Waals surface area contributed by atoms with Crippen LogP contribution in [0.15, 0.2) is 100 Å². The monoisotopic (exact) mass is 703 g/mol. The van der Waals surface area contributed by atoms with Gasteiger partial charge in [0, 0.05) is 43.9 Å². The van der Waals surface area contributed by atoms with Crippen LogP contribution < -0.4 is 0 Å². The normalized spacial score (nSPS) is 31.3. The number of esters is 1. The molecule has 1 saturated heterocycles. The van der Waals surface area contributed by atoms with Crippen molar-refractivity contribution < 1.29 is 34.2 Å². The summed E-state index contributed by atoms with van der Waals surface area (Å²) in [5.74, 6) is -0.383. The van der Waals surface area contributed by atoms with E-state index in [9.17, 15) is 29.9 Å². The van der Waals surface area contributed by atoms with Crippen molar-refractivity contribution in [3.05, 3.63) is 110 Å². The predicted molar refractivity (Wildman–Crippen MR) is 200 cm³/mol. The van der Waals surface area contributed by atoms with Gasteiger partial charge in [-0.2, -0.15) is 0 Å². The molecule has 0 bridgehead atoms. The summed E-state index contributed by atoms with van der Waals surface area (Å²) in [4.78, 5) is 35.9. The Balaban J connectivity index is 1.65. The number of ketones is 1. The van der Waals surface area contributed by atoms with Crippen molar-refractivity contribution in [3.8, 4) is 0 Å². The van der Waals surface area contributed by atoms with Crippen LogP contribution in [0.25, 0.3) is 0 Å². The van der Waals surface area contributed by atoms with Gasteiger partial charge in [-0.05, 0) is 88.0 Å². The van der Waals surface area contributed by atoms with E-state index in [2.05, 4.69) is 5.73 Å². The summed E-state index contributed by atoms with van der Waals surface area (Å²) in [6.45, 7) is 20.4. The number of ether oxygens (including phenoxy) is 2. The predicted octanol–water partition coefficient (Wildman–Crippen LogP) is 8.30. The molecule has 0 aromatic carbocycles. The topological polar surface area (TPSA) is 140 Å². The van der Waals surface area contributed by atoms with E-state index < -0.39 is 33.2 Å². The molecule has 0 spiro atoms. The second-order valence-corrected chi connectivity index (χ2v) is 16.3. The zero-order chi connectivity index (χ0) is 38.6. The van der Waals surface area contributed by atoms with E-state index in [1.807, 2.05) is 72.8 Å². The van der Waals surface area contributed by atoms with Crippen molar-refractivity contribution in [2.45, 2.75) is 137 Å². The molecule has 51 heavy (non-hydrogen) atoms. The molecule has 1 heterocycles. The molecule has 3 aliphatic rings. The molecule has 0 radical (unpaired) electrons. The third-order valence-corrected chi connectivity index (χ3v) is 10.4. The van der Waals surface area contributed by atoms with Gasteiger partial charge in [-0.1, -0.05) is 75.8 Å². The van der Waals surface area contributed by atoms with Gasteiger partial charge in [0.15, 0.2) is 5.78 Å². The average molecular weight is 704 g/mol. The molecule has 3 rings (SSSR count). The summed E-state index contributed by atoms with van der Waals surface area (Å²) < 4.78 is 11.6. The minimum atomic E-state index is -1.17. The van der Waals surface area contributed by atoms with E-state index in [1.54, 1.807) is 45.1 Å². The van der Waals surface area contributed by atoms with Crippen molar-refractivity contribution >= 4 is 11.8 Å². The minimum absolute atomic E-state index is 0.0240. The number of fused-ring (bicyclic) bond motifs is 1. The highest BCUT2D eigenvalue weighted by molar-refractivity contribution is 5.96. The number of epoxide rings is 1. The van der Waals surface area contributed by atoms with Crippen LogP contribution in [0.3, 0.4) is 0 Å². The Kier molecular flexibility index (Phi) is 12.9. The maximum Gasteiger partial charge on any atom is 0.302 e. The van der Waals surface area contributed by atoms with Crippen LogP contribution in [-0.2, 0) is 19.1 Å². The summed E-state index contributed by atoms with van der Waals surface area (Å²) in [6, 6.07) is 0. The first-order valence-corrected chi connectivity index (χ1v) is 17.6. The molecule has 5 atom stereocenters. The Morgan fingerprint density at radius 3 is 2.12 bits per heavy atom. The second kappa shape index (κ2) is 15.8. The smallest absolute Gasteiger partial charge is 0.302 e. The standard InChI is InChI=1S/C42H57NO8/c1-28(14-12-15-29(2)19-21-37-38(6,7)25-35(50-32(5)44)26-40(37,10)47)18-20-33(43(48)49)22-30(3)16-13-17-31(4)36(46)27-42-39(8,9)23-34(45)24-41(42,11)51-42/h12-20,22,34-35,45,47H,23-27H2,1-11H3/b14-12+,16-13+,28-18+,29-15+,30-22+,31-17+,33-20-/t21?,34-,35+,40+,41+,42-/m0/s1. The largest absolute Gasteiger partial charge is 0.462 e. The van der Waals surface area contributed by atoms with Crippen LogP contribution in [-0.4, -0.2) is 55.9 Å². The van der Waals surface area contributed by atoms with Gasteiger partial charge >= 0.3 is 5.97 Å². The Labute approximate surface area is 303 Å². The fourth-order valence-corrected chi connectivity index (χ4v) is 7.95. The molecule has 2 N–H and O–H groups in total. The molecule has 1 aliphatic heterocycles. The number of nitro groups is 1. The van der Waals surface area contributed by atoms with Crippen LogP contribution in [0.1, 0.15) is 108 Å². The summed E-state index contributed by atoms with van der Waals surface area (Å²) >= 11 is 0. The van der Waals surface area contributed by atoms with Crippen LogP contribution in [0.2, 0.25) is 0 Å². The number of allylic oxidation sites excluding steroid dienone is 13. The lowest BCUT2D eigenvalue weighted by molar-refractivity contribution is -0.419. The molecular weight excluding hydrogens is 646 g/mol. The fourth-order valence-electron chi connectivity index (χ4n) is 7.95. The Morgan fingerprint density at radius 2 is 1.53 bits per heavy atom. The first kappa shape index (κ1) is 41.5. The maximum absolute atomic E-state index is 13.1. The Morgan fingerprint density at radius 1 is 0.902 bits per heavy atom. The molecule has 0 unspecified atom stereocenters. The maximum atomic E-state index is 13.1. The molecule has 3 fully saturated rings. The van der Waals surface area contributed by atoms with Crippen LogP contribution in [0.4, 0.5) is 0 Å². The van der Waals surface area contributed by atoms with Gasteiger partial charge in [0.2, 0.25) is 0 Å². The summed E-state index contributed by atoms with van der Waals surface area (Å²) in [7, 11) is 0. The number of aliphatic hydroxyl groups excluding tert-OH is 1. The van der Waals surface area contributed by atoms with Gasteiger partial charge in [0.05, 0.1) is 22.2 Å². The first-order valence-electron chi connectivity index (χ1n) is 17.6. The molecule has 2 aliphatic carbocycles. The number of nitrogens with zero attached hydrogens (tertiary/aromatic N) is 1. The highest BCUT2D eigenvalue weighted by atomic mass is 16.6. The van der Waals surface area contributed by atoms with Crippen molar-refractivity contribution in [2.75, 3.05) is 0 Å². The lowest BCUT2D eigenvalue weighted by atomic mass is 9.61. The van der Waals surface area contributed by atoms with E-state index in [0.29, 0.717) is 36.8 Å². The lowest BCUT2D eigenvalue weighted by Crippen LogP contribution is -2.48. The number of rotatable bonds is 12. The molecule has 278 valence electrons. The molecule has 9 heteroatoms.